The molecular formula is C24H25N3O2. The van der Waals surface area contributed by atoms with Gasteiger partial charge in [-0.2, -0.15) is 0 Å². The number of hydrogen-bond acceptors (Lipinski definition) is 4. The molecule has 3 aliphatic rings. The van der Waals surface area contributed by atoms with E-state index in [-0.39, 0.29) is 11.6 Å². The lowest BCUT2D eigenvalue weighted by atomic mass is 9.95. The Labute approximate surface area is 171 Å². The van der Waals surface area contributed by atoms with Crippen LogP contribution < -0.4 is 5.32 Å². The number of allylic oxidation sites excluding steroid dienone is 5. The lowest BCUT2D eigenvalue weighted by Gasteiger charge is -2.33. The number of nitrogens with one attached hydrogen (secondary N) is 1. The summed E-state index contributed by atoms with van der Waals surface area (Å²) < 4.78 is 0. The average Bonchev–Trinajstić information content (AvgIpc) is 2.74. The maximum Gasteiger partial charge on any atom is 0.337 e. The SMILES string of the molecule is C=C1C=C(C2=CCCCC2)N=C2C([C@@H](C)Nc3ccccc3C(=O)O)=CC=CN12. The largest absolute Gasteiger partial charge is 0.478 e. The van der Waals surface area contributed by atoms with Crippen LogP contribution in [0.1, 0.15) is 43.0 Å². The summed E-state index contributed by atoms with van der Waals surface area (Å²) in [7, 11) is 0. The number of carboxylic acid groups (broad SMARTS) is 1. The van der Waals surface area contributed by atoms with Crippen molar-refractivity contribution < 1.29 is 9.90 Å². The van der Waals surface area contributed by atoms with E-state index in [2.05, 4.69) is 18.0 Å². The van der Waals surface area contributed by atoms with Gasteiger partial charge in [-0.15, -0.1) is 0 Å². The number of benzene rings is 1. The van der Waals surface area contributed by atoms with E-state index in [0.717, 1.165) is 35.6 Å². The Kier molecular flexibility index (Phi) is 5.21. The number of fused-ring (bicyclic) bond motifs is 1. The maximum absolute atomic E-state index is 11.5. The molecule has 1 aromatic carbocycles. The van der Waals surface area contributed by atoms with E-state index >= 15 is 0 Å². The summed E-state index contributed by atoms with van der Waals surface area (Å²) in [4.78, 5) is 18.5. The zero-order valence-electron chi connectivity index (χ0n) is 16.6. The third kappa shape index (κ3) is 3.81. The third-order valence-corrected chi connectivity index (χ3v) is 5.45. The smallest absolute Gasteiger partial charge is 0.337 e. The molecule has 0 spiro atoms. The monoisotopic (exact) mass is 387 g/mol. The van der Waals surface area contributed by atoms with Crippen molar-refractivity contribution in [3.63, 3.8) is 0 Å². The van der Waals surface area contributed by atoms with E-state index in [4.69, 9.17) is 4.99 Å². The molecule has 1 aliphatic carbocycles. The Bertz CT molecular complexity index is 1010. The second-order valence-corrected chi connectivity index (χ2v) is 7.48. The molecule has 0 radical (unpaired) electrons. The minimum Gasteiger partial charge on any atom is -0.478 e. The number of amidine groups is 1. The van der Waals surface area contributed by atoms with Gasteiger partial charge < -0.3 is 15.3 Å². The number of carboxylic acids is 1. The highest BCUT2D eigenvalue weighted by Crippen LogP contribution is 2.32. The fraction of sp³-hybridized carbons (Fsp3) is 0.250. The van der Waals surface area contributed by atoms with Gasteiger partial charge in [0.2, 0.25) is 0 Å². The van der Waals surface area contributed by atoms with Crippen molar-refractivity contribution in [3.8, 4) is 0 Å². The van der Waals surface area contributed by atoms with Gasteiger partial charge in [-0.25, -0.2) is 9.79 Å². The molecule has 4 rings (SSSR count). The molecule has 5 heteroatoms. The van der Waals surface area contributed by atoms with Gasteiger partial charge >= 0.3 is 5.97 Å². The molecule has 1 atom stereocenters. The Balaban J connectivity index is 1.64. The van der Waals surface area contributed by atoms with Gasteiger partial charge in [0.25, 0.3) is 0 Å². The Morgan fingerprint density at radius 2 is 2.14 bits per heavy atom. The number of nitrogens with zero attached hydrogens (tertiary/aromatic N) is 2. The molecule has 2 heterocycles. The van der Waals surface area contributed by atoms with Crippen LogP contribution in [0.2, 0.25) is 0 Å². The lowest BCUT2D eigenvalue weighted by molar-refractivity contribution is 0.0698. The summed E-state index contributed by atoms with van der Waals surface area (Å²) in [5, 5.41) is 12.8. The Hall–Kier alpha value is -3.34. The topological polar surface area (TPSA) is 64.9 Å². The number of anilines is 1. The summed E-state index contributed by atoms with van der Waals surface area (Å²) in [5.41, 5.74) is 5.00. The first kappa shape index (κ1) is 19.0. The Morgan fingerprint density at radius 3 is 2.90 bits per heavy atom. The van der Waals surface area contributed by atoms with Crippen LogP contribution >= 0.6 is 0 Å². The van der Waals surface area contributed by atoms with Crippen molar-refractivity contribution in [2.24, 2.45) is 4.99 Å². The maximum atomic E-state index is 11.5. The molecule has 0 amide bonds. The third-order valence-electron chi connectivity index (χ3n) is 5.45. The molecule has 0 saturated heterocycles. The van der Waals surface area contributed by atoms with E-state index in [1.165, 1.54) is 18.4 Å². The average molecular weight is 387 g/mol. The van der Waals surface area contributed by atoms with Crippen LogP contribution in [0.15, 0.2) is 88.9 Å². The van der Waals surface area contributed by atoms with Gasteiger partial charge in [0.05, 0.1) is 17.3 Å². The summed E-state index contributed by atoms with van der Waals surface area (Å²) in [6, 6.07) is 6.83. The molecule has 2 N–H and O–H groups in total. The minimum atomic E-state index is -0.947. The standard InChI is InChI=1S/C24H25N3O2/c1-16-15-22(18-9-4-3-5-10-18)26-23-19(12-8-14-27(16)23)17(2)25-21-13-7-6-11-20(21)24(28)29/h6-9,11-15,17,25H,1,3-5,10H2,2H3,(H,28,29)/t17-/m1/s1. The van der Waals surface area contributed by atoms with Crippen LogP contribution in [-0.4, -0.2) is 27.9 Å². The van der Waals surface area contributed by atoms with E-state index in [1.54, 1.807) is 18.2 Å². The molecule has 2 aliphatic heterocycles. The molecule has 0 bridgehead atoms. The highest BCUT2D eigenvalue weighted by atomic mass is 16.4. The van der Waals surface area contributed by atoms with Crippen molar-refractivity contribution in [1.29, 1.82) is 0 Å². The van der Waals surface area contributed by atoms with E-state index < -0.39 is 5.97 Å². The van der Waals surface area contributed by atoms with Crippen molar-refractivity contribution in [1.82, 2.24) is 4.90 Å². The number of para-hydroxylation sites is 1. The summed E-state index contributed by atoms with van der Waals surface area (Å²) in [6.45, 7) is 6.24. The summed E-state index contributed by atoms with van der Waals surface area (Å²) >= 11 is 0. The van der Waals surface area contributed by atoms with Crippen molar-refractivity contribution in [2.75, 3.05) is 5.32 Å². The normalized spacial score (nSPS) is 19.5. The first-order chi connectivity index (χ1) is 14.0. The number of carbonyl (C=O) groups is 1. The minimum absolute atomic E-state index is 0.130. The summed E-state index contributed by atoms with van der Waals surface area (Å²) in [6.07, 6.45) is 14.9. The van der Waals surface area contributed by atoms with Crippen LogP contribution in [0.25, 0.3) is 0 Å². The molecule has 0 fully saturated rings. The zero-order chi connectivity index (χ0) is 20.4. The molecule has 0 unspecified atom stereocenters. The highest BCUT2D eigenvalue weighted by molar-refractivity contribution is 6.04. The van der Waals surface area contributed by atoms with Crippen LogP contribution in [0.4, 0.5) is 5.69 Å². The number of aromatic carboxylic acids is 1. The molecule has 29 heavy (non-hydrogen) atoms. The molecular weight excluding hydrogens is 362 g/mol. The predicted octanol–water partition coefficient (Wildman–Crippen LogP) is 5.25. The van der Waals surface area contributed by atoms with Crippen LogP contribution in [0.5, 0.6) is 0 Å². The van der Waals surface area contributed by atoms with Crippen LogP contribution in [0.3, 0.4) is 0 Å². The second kappa shape index (κ2) is 7.95. The fourth-order valence-corrected chi connectivity index (χ4v) is 3.92. The van der Waals surface area contributed by atoms with Crippen LogP contribution in [-0.2, 0) is 0 Å². The molecule has 5 nitrogen and oxygen atoms in total. The van der Waals surface area contributed by atoms with Crippen molar-refractivity contribution >= 4 is 17.5 Å². The number of rotatable bonds is 5. The summed E-state index contributed by atoms with van der Waals surface area (Å²) in [5.74, 6) is -0.105. The van der Waals surface area contributed by atoms with Gasteiger partial charge in [0.15, 0.2) is 0 Å². The quantitative estimate of drug-likeness (QED) is 0.724. The van der Waals surface area contributed by atoms with E-state index in [9.17, 15) is 9.90 Å². The van der Waals surface area contributed by atoms with Crippen LogP contribution in [0, 0.1) is 0 Å². The molecule has 1 aromatic rings. The lowest BCUT2D eigenvalue weighted by Crippen LogP contribution is -2.36. The first-order valence-electron chi connectivity index (χ1n) is 10.00. The van der Waals surface area contributed by atoms with Gasteiger partial charge in [0.1, 0.15) is 5.84 Å². The van der Waals surface area contributed by atoms with Gasteiger partial charge in [-0.3, -0.25) is 0 Å². The van der Waals surface area contributed by atoms with Gasteiger partial charge in [-0.1, -0.05) is 30.9 Å². The predicted molar refractivity (Wildman–Crippen MR) is 117 cm³/mol. The first-order valence-corrected chi connectivity index (χ1v) is 10.00. The number of aliphatic imine (C=N–C) groups is 1. The second-order valence-electron chi connectivity index (χ2n) is 7.48. The highest BCUT2D eigenvalue weighted by Gasteiger charge is 2.27. The zero-order valence-corrected chi connectivity index (χ0v) is 16.6. The molecule has 0 aromatic heterocycles. The van der Waals surface area contributed by atoms with E-state index in [0.29, 0.717) is 5.69 Å². The molecule has 148 valence electrons. The van der Waals surface area contributed by atoms with Crippen molar-refractivity contribution in [2.45, 2.75) is 38.6 Å². The molecule has 0 saturated carbocycles. The van der Waals surface area contributed by atoms with Crippen molar-refractivity contribution in [3.05, 3.63) is 89.5 Å². The Morgan fingerprint density at radius 1 is 1.31 bits per heavy atom. The van der Waals surface area contributed by atoms with Gasteiger partial charge in [-0.05, 0) is 62.5 Å². The van der Waals surface area contributed by atoms with Gasteiger partial charge in [0, 0.05) is 23.2 Å². The number of hydrogen-bond donors (Lipinski definition) is 2. The fourth-order valence-electron chi connectivity index (χ4n) is 3.92. The van der Waals surface area contributed by atoms with E-state index in [1.807, 2.05) is 42.3 Å².